The van der Waals surface area contributed by atoms with E-state index in [4.69, 9.17) is 9.47 Å². The molecule has 0 aromatic heterocycles. The van der Waals surface area contributed by atoms with Crippen molar-refractivity contribution in [3.63, 3.8) is 0 Å². The van der Waals surface area contributed by atoms with Gasteiger partial charge in [0.1, 0.15) is 23.0 Å². The van der Waals surface area contributed by atoms with Crippen LogP contribution in [0.15, 0.2) is 66.4 Å². The number of methoxy groups -OCH3 is 2. The number of hydrogen-bond acceptors (Lipinski definition) is 5. The topological polar surface area (TPSA) is 67.9 Å². The van der Waals surface area contributed by atoms with E-state index in [1.54, 1.807) is 18.2 Å². The number of halogens is 3. The van der Waals surface area contributed by atoms with Crippen molar-refractivity contribution in [2.24, 2.45) is 0 Å². The summed E-state index contributed by atoms with van der Waals surface area (Å²) in [6.45, 7) is 0. The van der Waals surface area contributed by atoms with Gasteiger partial charge in [0.25, 0.3) is 11.8 Å². The normalized spacial score (nSPS) is 13.5. The highest BCUT2D eigenvalue weighted by molar-refractivity contribution is 6.46. The van der Waals surface area contributed by atoms with Crippen LogP contribution in [0, 0.1) is 17.5 Å². The Morgan fingerprint density at radius 3 is 2.15 bits per heavy atom. The average Bonchev–Trinajstić information content (AvgIpc) is 3.06. The zero-order chi connectivity index (χ0) is 23.7. The van der Waals surface area contributed by atoms with Gasteiger partial charge in [-0.25, -0.2) is 18.1 Å². The van der Waals surface area contributed by atoms with Gasteiger partial charge in [-0.2, -0.15) is 0 Å². The molecule has 0 unspecified atom stereocenters. The standard InChI is InChI=1S/C24H17F3N2O4/c1-32-16-8-10-19(20(12-16)33-2)28-22-21(13-3-5-14(25)6-4-13)23(30)29(24(22)31)15-7-9-17(26)18(27)11-15/h3-12,28H,1-2H3. The molecule has 2 amide bonds. The SMILES string of the molecule is COc1ccc(NC2=C(c3ccc(F)cc3)C(=O)N(c3ccc(F)c(F)c3)C2=O)c(OC)c1. The van der Waals surface area contributed by atoms with E-state index in [0.29, 0.717) is 17.2 Å². The number of carbonyl (C=O) groups is 2. The fourth-order valence-corrected chi connectivity index (χ4v) is 3.43. The Labute approximate surface area is 186 Å². The quantitative estimate of drug-likeness (QED) is 0.555. The number of benzene rings is 3. The van der Waals surface area contributed by atoms with E-state index in [2.05, 4.69) is 5.32 Å². The molecule has 168 valence electrons. The summed E-state index contributed by atoms with van der Waals surface area (Å²) in [5.74, 6) is -3.62. The maximum Gasteiger partial charge on any atom is 0.282 e. The molecule has 0 aliphatic carbocycles. The van der Waals surface area contributed by atoms with E-state index in [0.717, 1.165) is 35.2 Å². The monoisotopic (exact) mass is 454 g/mol. The molecular formula is C24H17F3N2O4. The molecule has 3 aromatic carbocycles. The van der Waals surface area contributed by atoms with E-state index in [1.165, 1.54) is 26.4 Å². The molecule has 0 bridgehead atoms. The number of rotatable bonds is 6. The van der Waals surface area contributed by atoms with E-state index in [9.17, 15) is 22.8 Å². The Kier molecular flexibility index (Phi) is 5.78. The van der Waals surface area contributed by atoms with Crippen LogP contribution < -0.4 is 19.7 Å². The molecule has 0 saturated heterocycles. The molecule has 0 fully saturated rings. The molecule has 0 radical (unpaired) electrons. The van der Waals surface area contributed by atoms with Crippen LogP contribution in [-0.4, -0.2) is 26.0 Å². The Morgan fingerprint density at radius 1 is 0.788 bits per heavy atom. The zero-order valence-electron chi connectivity index (χ0n) is 17.5. The van der Waals surface area contributed by atoms with Gasteiger partial charge in [-0.1, -0.05) is 12.1 Å². The lowest BCUT2D eigenvalue weighted by molar-refractivity contribution is -0.120. The average molecular weight is 454 g/mol. The van der Waals surface area contributed by atoms with Crippen molar-refractivity contribution in [3.8, 4) is 11.5 Å². The molecule has 33 heavy (non-hydrogen) atoms. The fourth-order valence-electron chi connectivity index (χ4n) is 3.43. The molecule has 4 rings (SSSR count). The molecule has 0 saturated carbocycles. The molecular weight excluding hydrogens is 437 g/mol. The highest BCUT2D eigenvalue weighted by atomic mass is 19.2. The van der Waals surface area contributed by atoms with Gasteiger partial charge in [0.15, 0.2) is 11.6 Å². The van der Waals surface area contributed by atoms with Crippen LogP contribution in [0.5, 0.6) is 11.5 Å². The predicted octanol–water partition coefficient (Wildman–Crippen LogP) is 4.52. The first-order valence-corrected chi connectivity index (χ1v) is 9.67. The third-order valence-corrected chi connectivity index (χ3v) is 5.05. The number of nitrogens with one attached hydrogen (secondary N) is 1. The molecule has 1 heterocycles. The third-order valence-electron chi connectivity index (χ3n) is 5.05. The molecule has 0 spiro atoms. The first kappa shape index (κ1) is 21.9. The van der Waals surface area contributed by atoms with E-state index >= 15 is 0 Å². The summed E-state index contributed by atoms with van der Waals surface area (Å²) in [7, 11) is 2.90. The fraction of sp³-hybridized carbons (Fsp3) is 0.0833. The van der Waals surface area contributed by atoms with Gasteiger partial charge in [-0.05, 0) is 42.0 Å². The van der Waals surface area contributed by atoms with Crippen LogP contribution in [0.4, 0.5) is 24.5 Å². The molecule has 1 aliphatic heterocycles. The number of nitrogens with zero attached hydrogens (tertiary/aromatic N) is 1. The predicted molar refractivity (Wildman–Crippen MR) is 115 cm³/mol. The highest BCUT2D eigenvalue weighted by Gasteiger charge is 2.40. The van der Waals surface area contributed by atoms with Crippen molar-refractivity contribution in [3.05, 3.63) is 89.4 Å². The van der Waals surface area contributed by atoms with Gasteiger partial charge in [-0.15, -0.1) is 0 Å². The van der Waals surface area contributed by atoms with Crippen LogP contribution in [0.1, 0.15) is 5.56 Å². The van der Waals surface area contributed by atoms with Crippen LogP contribution in [0.25, 0.3) is 5.57 Å². The summed E-state index contributed by atoms with van der Waals surface area (Å²) in [5, 5.41) is 2.91. The first-order chi connectivity index (χ1) is 15.8. The van der Waals surface area contributed by atoms with Crippen molar-refractivity contribution in [1.29, 1.82) is 0 Å². The Morgan fingerprint density at radius 2 is 1.52 bits per heavy atom. The summed E-state index contributed by atoms with van der Waals surface area (Å²) >= 11 is 0. The van der Waals surface area contributed by atoms with E-state index < -0.39 is 29.3 Å². The van der Waals surface area contributed by atoms with Gasteiger partial charge in [-0.3, -0.25) is 9.59 Å². The summed E-state index contributed by atoms with van der Waals surface area (Å²) < 4.78 is 51.3. The lowest BCUT2D eigenvalue weighted by Gasteiger charge is -2.16. The second kappa shape index (κ2) is 8.70. The minimum atomic E-state index is -1.21. The molecule has 1 N–H and O–H groups in total. The van der Waals surface area contributed by atoms with Crippen molar-refractivity contribution < 1.29 is 32.2 Å². The van der Waals surface area contributed by atoms with Gasteiger partial charge >= 0.3 is 0 Å². The lowest BCUT2D eigenvalue weighted by Crippen LogP contribution is -2.32. The Balaban J connectivity index is 1.84. The first-order valence-electron chi connectivity index (χ1n) is 9.67. The molecule has 1 aliphatic rings. The van der Waals surface area contributed by atoms with Crippen LogP contribution in [0.2, 0.25) is 0 Å². The summed E-state index contributed by atoms with van der Waals surface area (Å²) in [4.78, 5) is 27.3. The minimum Gasteiger partial charge on any atom is -0.497 e. The molecule has 9 heteroatoms. The highest BCUT2D eigenvalue weighted by Crippen LogP contribution is 2.37. The second-order valence-corrected chi connectivity index (χ2v) is 6.99. The molecule has 0 atom stereocenters. The van der Waals surface area contributed by atoms with Crippen molar-refractivity contribution >= 4 is 28.8 Å². The second-order valence-electron chi connectivity index (χ2n) is 6.99. The Bertz CT molecular complexity index is 1290. The number of imide groups is 1. The maximum atomic E-state index is 13.8. The van der Waals surface area contributed by atoms with Gasteiger partial charge in [0.2, 0.25) is 0 Å². The van der Waals surface area contributed by atoms with Crippen molar-refractivity contribution in [2.75, 3.05) is 24.4 Å². The lowest BCUT2D eigenvalue weighted by atomic mass is 10.0. The van der Waals surface area contributed by atoms with Gasteiger partial charge in [0, 0.05) is 12.1 Å². The summed E-state index contributed by atoms with van der Waals surface area (Å²) in [6, 6.07) is 12.5. The van der Waals surface area contributed by atoms with Crippen molar-refractivity contribution in [2.45, 2.75) is 0 Å². The van der Waals surface area contributed by atoms with Gasteiger partial charge < -0.3 is 14.8 Å². The van der Waals surface area contributed by atoms with Gasteiger partial charge in [0.05, 0.1) is 31.2 Å². The number of amides is 2. The number of carbonyl (C=O) groups excluding carboxylic acids is 2. The number of anilines is 2. The number of ether oxygens (including phenoxy) is 2. The summed E-state index contributed by atoms with van der Waals surface area (Å²) in [6.07, 6.45) is 0. The summed E-state index contributed by atoms with van der Waals surface area (Å²) in [5.41, 5.74) is 0.250. The minimum absolute atomic E-state index is 0.0670. The van der Waals surface area contributed by atoms with Crippen molar-refractivity contribution in [1.82, 2.24) is 0 Å². The smallest absolute Gasteiger partial charge is 0.282 e. The largest absolute Gasteiger partial charge is 0.497 e. The molecule has 6 nitrogen and oxygen atoms in total. The van der Waals surface area contributed by atoms with Crippen LogP contribution in [-0.2, 0) is 9.59 Å². The van der Waals surface area contributed by atoms with Crippen LogP contribution in [0.3, 0.4) is 0 Å². The zero-order valence-corrected chi connectivity index (χ0v) is 17.5. The van der Waals surface area contributed by atoms with E-state index in [-0.39, 0.29) is 22.5 Å². The maximum absolute atomic E-state index is 13.8. The Hall–Kier alpha value is -4.27. The van der Waals surface area contributed by atoms with Crippen LogP contribution >= 0.6 is 0 Å². The number of hydrogen-bond donors (Lipinski definition) is 1. The third kappa shape index (κ3) is 4.00. The molecule has 3 aromatic rings. The van der Waals surface area contributed by atoms with E-state index in [1.807, 2.05) is 0 Å².